The predicted molar refractivity (Wildman–Crippen MR) is 116 cm³/mol. The van der Waals surface area contributed by atoms with E-state index >= 15 is 4.39 Å². The van der Waals surface area contributed by atoms with E-state index in [1.807, 2.05) is 20.8 Å². The second-order valence-corrected chi connectivity index (χ2v) is 12.4. The monoisotopic (exact) mass is 474 g/mol. The SMILES string of the molecule is CC(C)(C)OC(=O)N1CCC(F)(S(=O)(=O)c2c(Cl)ccc3nc(C(C)(C)C)oc23)CC1. The molecule has 0 radical (unpaired) electrons. The highest BCUT2D eigenvalue weighted by Crippen LogP contribution is 2.43. The van der Waals surface area contributed by atoms with Crippen LogP contribution >= 0.6 is 11.6 Å². The average Bonchev–Trinajstić information content (AvgIpc) is 3.04. The van der Waals surface area contributed by atoms with Gasteiger partial charge in [-0.1, -0.05) is 32.4 Å². The highest BCUT2D eigenvalue weighted by molar-refractivity contribution is 7.93. The number of ether oxygens (including phenoxy) is 1. The third-order valence-corrected chi connectivity index (χ3v) is 7.76. The molecule has 1 aromatic heterocycles. The molecule has 10 heteroatoms. The average molecular weight is 475 g/mol. The van der Waals surface area contributed by atoms with Gasteiger partial charge in [0, 0.05) is 31.3 Å². The van der Waals surface area contributed by atoms with E-state index < -0.39 is 49.7 Å². The fourth-order valence-corrected chi connectivity index (χ4v) is 5.57. The smallest absolute Gasteiger partial charge is 0.410 e. The molecular weight excluding hydrogens is 447 g/mol. The van der Waals surface area contributed by atoms with Crippen LogP contribution < -0.4 is 0 Å². The van der Waals surface area contributed by atoms with Crippen LogP contribution in [0.2, 0.25) is 5.02 Å². The molecule has 1 amide bonds. The summed E-state index contributed by atoms with van der Waals surface area (Å²) in [6, 6.07) is 2.93. The summed E-state index contributed by atoms with van der Waals surface area (Å²) in [6.45, 7) is 10.6. The van der Waals surface area contributed by atoms with Gasteiger partial charge in [0.25, 0.3) is 0 Å². The largest absolute Gasteiger partial charge is 0.444 e. The van der Waals surface area contributed by atoms with Gasteiger partial charge in [-0.05, 0) is 32.9 Å². The van der Waals surface area contributed by atoms with Gasteiger partial charge in [-0.2, -0.15) is 0 Å². The first-order valence-corrected chi connectivity index (χ1v) is 11.9. The van der Waals surface area contributed by atoms with Crippen LogP contribution in [0.5, 0.6) is 0 Å². The fourth-order valence-electron chi connectivity index (χ4n) is 3.32. The minimum Gasteiger partial charge on any atom is -0.444 e. The number of amides is 1. The van der Waals surface area contributed by atoms with Crippen molar-refractivity contribution in [3.8, 4) is 0 Å². The van der Waals surface area contributed by atoms with E-state index in [-0.39, 0.29) is 23.7 Å². The van der Waals surface area contributed by atoms with E-state index in [2.05, 4.69) is 4.98 Å². The van der Waals surface area contributed by atoms with E-state index in [1.54, 1.807) is 26.8 Å². The van der Waals surface area contributed by atoms with Crippen LogP contribution in [0.1, 0.15) is 60.3 Å². The zero-order chi connectivity index (χ0) is 23.4. The van der Waals surface area contributed by atoms with Crippen LogP contribution in [0.3, 0.4) is 0 Å². The van der Waals surface area contributed by atoms with Crippen molar-refractivity contribution >= 4 is 38.6 Å². The van der Waals surface area contributed by atoms with Crippen molar-refractivity contribution in [2.75, 3.05) is 13.1 Å². The first-order valence-electron chi connectivity index (χ1n) is 10.1. The van der Waals surface area contributed by atoms with Gasteiger partial charge in [-0.15, -0.1) is 0 Å². The van der Waals surface area contributed by atoms with Gasteiger partial charge in [0.15, 0.2) is 5.58 Å². The van der Waals surface area contributed by atoms with Crippen LogP contribution in [-0.2, 0) is 20.0 Å². The van der Waals surface area contributed by atoms with E-state index in [0.29, 0.717) is 11.4 Å². The van der Waals surface area contributed by atoms with E-state index in [9.17, 15) is 13.2 Å². The van der Waals surface area contributed by atoms with Crippen molar-refractivity contribution in [2.45, 2.75) is 75.3 Å². The molecule has 0 spiro atoms. The molecule has 0 bridgehead atoms. The zero-order valence-electron chi connectivity index (χ0n) is 18.6. The summed E-state index contributed by atoms with van der Waals surface area (Å²) in [4.78, 5) is 17.5. The van der Waals surface area contributed by atoms with Crippen molar-refractivity contribution in [1.29, 1.82) is 0 Å². The minimum absolute atomic E-state index is 0.0518. The maximum atomic E-state index is 15.9. The molecule has 0 unspecified atom stereocenters. The Morgan fingerprint density at radius 3 is 2.29 bits per heavy atom. The molecule has 2 heterocycles. The molecule has 0 atom stereocenters. The van der Waals surface area contributed by atoms with Gasteiger partial charge < -0.3 is 14.1 Å². The molecule has 172 valence electrons. The lowest BCUT2D eigenvalue weighted by molar-refractivity contribution is 0.0137. The first-order chi connectivity index (χ1) is 14.1. The molecule has 0 saturated carbocycles. The molecule has 0 N–H and O–H groups in total. The van der Waals surface area contributed by atoms with Gasteiger partial charge >= 0.3 is 6.09 Å². The number of aromatic nitrogens is 1. The number of sulfone groups is 1. The third kappa shape index (κ3) is 4.53. The number of benzene rings is 1. The van der Waals surface area contributed by atoms with Gasteiger partial charge in [-0.3, -0.25) is 0 Å². The lowest BCUT2D eigenvalue weighted by Crippen LogP contribution is -2.49. The summed E-state index contributed by atoms with van der Waals surface area (Å²) in [5.41, 5.74) is -0.932. The van der Waals surface area contributed by atoms with E-state index in [1.165, 1.54) is 11.0 Å². The summed E-state index contributed by atoms with van der Waals surface area (Å²) in [5.74, 6) is 0.328. The Bertz CT molecular complexity index is 1110. The third-order valence-electron chi connectivity index (χ3n) is 5.02. The van der Waals surface area contributed by atoms with Gasteiger partial charge in [-0.25, -0.2) is 22.6 Å². The lowest BCUT2D eigenvalue weighted by Gasteiger charge is -2.36. The summed E-state index contributed by atoms with van der Waals surface area (Å²) in [7, 11) is -4.55. The number of carbonyl (C=O) groups excluding carboxylic acids is 1. The molecular formula is C21H28ClFN2O5S. The molecule has 7 nitrogen and oxygen atoms in total. The highest BCUT2D eigenvalue weighted by Gasteiger charge is 2.50. The Morgan fingerprint density at radius 2 is 1.77 bits per heavy atom. The highest BCUT2D eigenvalue weighted by atomic mass is 35.5. The van der Waals surface area contributed by atoms with Gasteiger partial charge in [0.2, 0.25) is 20.7 Å². The van der Waals surface area contributed by atoms with Crippen LogP contribution in [0, 0.1) is 0 Å². The van der Waals surface area contributed by atoms with Gasteiger partial charge in [0.1, 0.15) is 16.0 Å². The van der Waals surface area contributed by atoms with Crippen LogP contribution in [-0.4, -0.2) is 48.1 Å². The maximum Gasteiger partial charge on any atom is 0.410 e. The number of nitrogens with zero attached hydrogens (tertiary/aromatic N) is 2. The Morgan fingerprint density at radius 1 is 1.19 bits per heavy atom. The summed E-state index contributed by atoms with van der Waals surface area (Å²) < 4.78 is 53.8. The van der Waals surface area contributed by atoms with E-state index in [0.717, 1.165) is 0 Å². The van der Waals surface area contributed by atoms with Crippen molar-refractivity contribution in [1.82, 2.24) is 9.88 Å². The minimum atomic E-state index is -4.55. The quantitative estimate of drug-likeness (QED) is 0.590. The van der Waals surface area contributed by atoms with Crippen molar-refractivity contribution < 1.29 is 26.8 Å². The Balaban J connectivity index is 1.95. The second-order valence-electron chi connectivity index (χ2n) is 9.85. The Hall–Kier alpha value is -1.87. The molecule has 1 saturated heterocycles. The van der Waals surface area contributed by atoms with Crippen LogP contribution in [0.15, 0.2) is 21.4 Å². The number of oxazole rings is 1. The molecule has 2 aromatic rings. The number of alkyl halides is 1. The molecule has 1 fully saturated rings. The predicted octanol–water partition coefficient (Wildman–Crippen LogP) is 5.25. The lowest BCUT2D eigenvalue weighted by atomic mass is 9.97. The topological polar surface area (TPSA) is 89.7 Å². The van der Waals surface area contributed by atoms with Crippen molar-refractivity contribution in [3.05, 3.63) is 23.0 Å². The number of carbonyl (C=O) groups is 1. The number of piperidine rings is 1. The summed E-state index contributed by atoms with van der Waals surface area (Å²) in [6.07, 6.45) is -1.40. The Labute approximate surface area is 186 Å². The van der Waals surface area contributed by atoms with Crippen LogP contribution in [0.25, 0.3) is 11.1 Å². The second kappa shape index (κ2) is 7.62. The van der Waals surface area contributed by atoms with E-state index in [4.69, 9.17) is 20.8 Å². The molecule has 1 aliphatic heterocycles. The number of hydrogen-bond donors (Lipinski definition) is 0. The number of halogens is 2. The number of fused-ring (bicyclic) bond motifs is 1. The molecule has 1 aliphatic rings. The molecule has 1 aromatic carbocycles. The molecule has 31 heavy (non-hydrogen) atoms. The maximum absolute atomic E-state index is 15.9. The molecule has 0 aliphatic carbocycles. The fraction of sp³-hybridized carbons (Fsp3) is 0.619. The summed E-state index contributed by atoms with van der Waals surface area (Å²) in [5, 5.41) is -2.73. The van der Waals surface area contributed by atoms with Crippen LogP contribution in [0.4, 0.5) is 9.18 Å². The number of likely N-dealkylation sites (tertiary alicyclic amines) is 1. The first kappa shape index (κ1) is 23.8. The molecule has 3 rings (SSSR count). The normalized spacial score (nSPS) is 17.7. The number of hydrogen-bond acceptors (Lipinski definition) is 6. The zero-order valence-corrected chi connectivity index (χ0v) is 20.2. The summed E-state index contributed by atoms with van der Waals surface area (Å²) >= 11 is 6.23. The number of rotatable bonds is 2. The van der Waals surface area contributed by atoms with Crippen molar-refractivity contribution in [3.63, 3.8) is 0 Å². The Kier molecular flexibility index (Phi) is 5.85. The standard InChI is InChI=1S/C21H28ClFN2O5S/c1-19(2,3)17-24-14-8-7-13(22)16(15(14)29-17)31(27,28)21(23)9-11-25(12-10-21)18(26)30-20(4,5)6/h7-8H,9-12H2,1-6H3. The van der Waals surface area contributed by atoms with Crippen molar-refractivity contribution in [2.24, 2.45) is 0 Å². The van der Waals surface area contributed by atoms with Gasteiger partial charge in [0.05, 0.1) is 5.02 Å².